The van der Waals surface area contributed by atoms with Gasteiger partial charge in [0.15, 0.2) is 0 Å². The van der Waals surface area contributed by atoms with Crippen molar-refractivity contribution in [3.63, 3.8) is 0 Å². The predicted molar refractivity (Wildman–Crippen MR) is 87.8 cm³/mol. The Bertz CT molecular complexity index is 629. The molecule has 0 amide bonds. The molecule has 0 aromatic carbocycles. The summed E-state index contributed by atoms with van der Waals surface area (Å²) in [6.45, 7) is 3.59. The van der Waals surface area contributed by atoms with Gasteiger partial charge in [0.05, 0.1) is 12.3 Å². The van der Waals surface area contributed by atoms with Crippen LogP contribution >= 0.6 is 0 Å². The molecular formula is C16H27N3O3S. The second-order valence-corrected chi connectivity index (χ2v) is 8.47. The Hall–Kier alpha value is -0.920. The standard InChI is InChI=1S/C16H27N3O3S/c1-3-19(14-9-6-10-22-12-14)23(20,21)15-11-18(2)17-16(15)13-7-4-5-8-13/h11,13-14H,3-10,12H2,1-2H3/t14-/m0/s1. The summed E-state index contributed by atoms with van der Waals surface area (Å²) in [5.74, 6) is 0.280. The first-order valence-electron chi connectivity index (χ1n) is 8.67. The summed E-state index contributed by atoms with van der Waals surface area (Å²) in [5, 5.41) is 4.50. The third-order valence-corrected chi connectivity index (χ3v) is 7.05. The zero-order valence-electron chi connectivity index (χ0n) is 14.1. The van der Waals surface area contributed by atoms with E-state index in [-0.39, 0.29) is 12.0 Å². The molecule has 23 heavy (non-hydrogen) atoms. The van der Waals surface area contributed by atoms with Crippen molar-refractivity contribution in [3.8, 4) is 0 Å². The Morgan fingerprint density at radius 1 is 1.30 bits per heavy atom. The van der Waals surface area contributed by atoms with E-state index in [0.717, 1.165) is 50.8 Å². The molecule has 1 aliphatic carbocycles. The Kier molecular flexibility index (Phi) is 5.08. The molecule has 0 N–H and O–H groups in total. The molecule has 0 spiro atoms. The van der Waals surface area contributed by atoms with Crippen molar-refractivity contribution < 1.29 is 13.2 Å². The Morgan fingerprint density at radius 2 is 2.04 bits per heavy atom. The van der Waals surface area contributed by atoms with Crippen molar-refractivity contribution in [1.29, 1.82) is 0 Å². The molecule has 6 nitrogen and oxygen atoms in total. The number of hydrogen-bond donors (Lipinski definition) is 0. The minimum absolute atomic E-state index is 0.0598. The number of likely N-dealkylation sites (N-methyl/N-ethyl adjacent to an activating group) is 1. The van der Waals surface area contributed by atoms with Crippen LogP contribution in [0.5, 0.6) is 0 Å². The minimum atomic E-state index is -3.53. The van der Waals surface area contributed by atoms with E-state index in [2.05, 4.69) is 5.10 Å². The fourth-order valence-corrected chi connectivity index (χ4v) is 5.78. The highest BCUT2D eigenvalue weighted by molar-refractivity contribution is 7.89. The quantitative estimate of drug-likeness (QED) is 0.824. The van der Waals surface area contributed by atoms with Gasteiger partial charge in [-0.3, -0.25) is 4.68 Å². The summed E-state index contributed by atoms with van der Waals surface area (Å²) in [6, 6.07) is -0.0598. The SMILES string of the molecule is CCN([C@H]1CCCOC1)S(=O)(=O)c1cn(C)nc1C1CCCC1. The number of ether oxygens (including phenoxy) is 1. The molecule has 130 valence electrons. The molecule has 2 fully saturated rings. The third-order valence-electron chi connectivity index (χ3n) is 5.01. The van der Waals surface area contributed by atoms with Crippen molar-refractivity contribution in [3.05, 3.63) is 11.9 Å². The van der Waals surface area contributed by atoms with Gasteiger partial charge >= 0.3 is 0 Å². The fraction of sp³-hybridized carbons (Fsp3) is 0.812. The van der Waals surface area contributed by atoms with Gasteiger partial charge in [-0.05, 0) is 25.7 Å². The molecule has 7 heteroatoms. The number of rotatable bonds is 5. The number of hydrogen-bond acceptors (Lipinski definition) is 4. The zero-order chi connectivity index (χ0) is 16.4. The molecule has 2 aliphatic rings. The van der Waals surface area contributed by atoms with Crippen LogP contribution in [0, 0.1) is 0 Å². The second-order valence-electron chi connectivity index (χ2n) is 6.61. The monoisotopic (exact) mass is 341 g/mol. The largest absolute Gasteiger partial charge is 0.380 e. The normalized spacial score (nSPS) is 23.7. The number of sulfonamides is 1. The molecule has 0 radical (unpaired) electrons. The molecular weight excluding hydrogens is 314 g/mol. The van der Waals surface area contributed by atoms with Gasteiger partial charge < -0.3 is 4.74 Å². The molecule has 1 aromatic heterocycles. The van der Waals surface area contributed by atoms with Crippen LogP contribution in [0.1, 0.15) is 57.1 Å². The van der Waals surface area contributed by atoms with Gasteiger partial charge in [0.2, 0.25) is 10.0 Å². The van der Waals surface area contributed by atoms with Crippen LogP contribution in [0.2, 0.25) is 0 Å². The maximum absolute atomic E-state index is 13.3. The summed E-state index contributed by atoms with van der Waals surface area (Å²) < 4.78 is 35.3. The van der Waals surface area contributed by atoms with Gasteiger partial charge in [-0.15, -0.1) is 0 Å². The minimum Gasteiger partial charge on any atom is -0.380 e. The van der Waals surface area contributed by atoms with Crippen LogP contribution in [0.25, 0.3) is 0 Å². The van der Waals surface area contributed by atoms with Crippen molar-refractivity contribution >= 4 is 10.0 Å². The number of aromatic nitrogens is 2. The summed E-state index contributed by atoms with van der Waals surface area (Å²) in [6.07, 6.45) is 7.86. The average molecular weight is 341 g/mol. The Labute approximate surface area is 138 Å². The zero-order valence-corrected chi connectivity index (χ0v) is 14.9. The van der Waals surface area contributed by atoms with E-state index in [1.54, 1.807) is 22.2 Å². The van der Waals surface area contributed by atoms with Crippen LogP contribution in [0.4, 0.5) is 0 Å². The molecule has 1 aliphatic heterocycles. The van der Waals surface area contributed by atoms with Crippen LogP contribution in [0.3, 0.4) is 0 Å². The number of aryl methyl sites for hydroxylation is 1. The highest BCUT2D eigenvalue weighted by Gasteiger charge is 2.36. The van der Waals surface area contributed by atoms with Gasteiger partial charge in [-0.2, -0.15) is 9.40 Å². The van der Waals surface area contributed by atoms with E-state index < -0.39 is 10.0 Å². The maximum Gasteiger partial charge on any atom is 0.246 e. The van der Waals surface area contributed by atoms with Crippen LogP contribution in [-0.2, 0) is 21.8 Å². The summed E-state index contributed by atoms with van der Waals surface area (Å²) in [4.78, 5) is 0.402. The lowest BCUT2D eigenvalue weighted by atomic mass is 10.1. The van der Waals surface area contributed by atoms with E-state index in [0.29, 0.717) is 18.0 Å². The molecule has 0 unspecified atom stereocenters. The van der Waals surface area contributed by atoms with E-state index in [4.69, 9.17) is 4.74 Å². The van der Waals surface area contributed by atoms with E-state index in [1.165, 1.54) is 0 Å². The second kappa shape index (κ2) is 6.91. The van der Waals surface area contributed by atoms with Gasteiger partial charge in [0.1, 0.15) is 4.90 Å². The van der Waals surface area contributed by atoms with Crippen LogP contribution in [-0.4, -0.2) is 48.3 Å². The molecule has 1 saturated carbocycles. The molecule has 1 saturated heterocycles. The van der Waals surface area contributed by atoms with Gasteiger partial charge in [-0.1, -0.05) is 19.8 Å². The van der Waals surface area contributed by atoms with Crippen molar-refractivity contribution in [2.45, 2.75) is 62.3 Å². The predicted octanol–water partition coefficient (Wildman–Crippen LogP) is 2.27. The number of nitrogens with zero attached hydrogens (tertiary/aromatic N) is 3. The average Bonchev–Trinajstić information content (AvgIpc) is 3.18. The molecule has 0 bridgehead atoms. The maximum atomic E-state index is 13.3. The third kappa shape index (κ3) is 3.32. The van der Waals surface area contributed by atoms with Gasteiger partial charge in [0, 0.05) is 38.4 Å². The molecule has 1 atom stereocenters. The summed E-state index contributed by atoms with van der Waals surface area (Å²) >= 11 is 0. The van der Waals surface area contributed by atoms with Gasteiger partial charge in [-0.25, -0.2) is 8.42 Å². The Morgan fingerprint density at radius 3 is 2.65 bits per heavy atom. The Balaban J connectivity index is 1.94. The first-order valence-corrected chi connectivity index (χ1v) is 10.1. The van der Waals surface area contributed by atoms with Crippen molar-refractivity contribution in [1.82, 2.24) is 14.1 Å². The van der Waals surface area contributed by atoms with E-state index >= 15 is 0 Å². The summed E-state index contributed by atoms with van der Waals surface area (Å²) in [7, 11) is -1.72. The molecule has 3 rings (SSSR count). The highest BCUT2D eigenvalue weighted by Crippen LogP contribution is 2.37. The van der Waals surface area contributed by atoms with Crippen LogP contribution in [0.15, 0.2) is 11.1 Å². The first-order chi connectivity index (χ1) is 11.0. The van der Waals surface area contributed by atoms with Crippen LogP contribution < -0.4 is 0 Å². The van der Waals surface area contributed by atoms with E-state index in [1.807, 2.05) is 6.92 Å². The van der Waals surface area contributed by atoms with Gasteiger partial charge in [0.25, 0.3) is 0 Å². The molecule has 1 aromatic rings. The van der Waals surface area contributed by atoms with E-state index in [9.17, 15) is 8.42 Å². The lowest BCUT2D eigenvalue weighted by Crippen LogP contribution is -2.44. The van der Waals surface area contributed by atoms with Crippen molar-refractivity contribution in [2.75, 3.05) is 19.8 Å². The highest BCUT2D eigenvalue weighted by atomic mass is 32.2. The van der Waals surface area contributed by atoms with Crippen molar-refractivity contribution in [2.24, 2.45) is 7.05 Å². The topological polar surface area (TPSA) is 64.4 Å². The smallest absolute Gasteiger partial charge is 0.246 e. The lowest BCUT2D eigenvalue weighted by Gasteiger charge is -2.32. The first kappa shape index (κ1) is 16.9. The summed E-state index contributed by atoms with van der Waals surface area (Å²) in [5.41, 5.74) is 0.764. The lowest BCUT2D eigenvalue weighted by molar-refractivity contribution is 0.0467. The molecule has 2 heterocycles. The fourth-order valence-electron chi connectivity index (χ4n) is 3.87.